The molecule has 1 aromatic rings. The van der Waals surface area contributed by atoms with E-state index in [9.17, 15) is 4.79 Å². The summed E-state index contributed by atoms with van der Waals surface area (Å²) >= 11 is 0. The fourth-order valence-electron chi connectivity index (χ4n) is 4.05. The van der Waals surface area contributed by atoms with Crippen LogP contribution in [0.2, 0.25) is 13.1 Å². The van der Waals surface area contributed by atoms with Crippen molar-refractivity contribution in [3.8, 4) is 0 Å². The first-order valence-corrected chi connectivity index (χ1v) is 15.1. The highest BCUT2D eigenvalue weighted by atomic mass is 28.3. The molecule has 0 saturated carbocycles. The Morgan fingerprint density at radius 2 is 1.13 bits per heavy atom. The molecule has 1 rings (SSSR count). The average molecular weight is 432 g/mol. The van der Waals surface area contributed by atoms with Gasteiger partial charge in [-0.15, -0.1) is 0 Å². The van der Waals surface area contributed by atoms with E-state index >= 15 is 0 Å². The molecule has 3 heteroatoms. The lowest BCUT2D eigenvalue weighted by molar-refractivity contribution is -0.134. The van der Waals surface area contributed by atoms with E-state index in [0.29, 0.717) is 6.42 Å². The maximum Gasteiger partial charge on any atom is 0.292 e. The third-order valence-corrected chi connectivity index (χ3v) is 6.54. The van der Waals surface area contributed by atoms with Crippen LogP contribution in [0.25, 0.3) is 0 Å². The zero-order valence-corrected chi connectivity index (χ0v) is 21.1. The molecule has 0 bridgehead atoms. The number of hydrogen-bond acceptors (Lipinski definition) is 2. The first-order chi connectivity index (χ1) is 14.6. The SMILES string of the molecule is Cc1ccccc1CCCCCCCCCCCCCCCCCC(=O)O[Si](C)C. The van der Waals surface area contributed by atoms with Crippen molar-refractivity contribution in [1.82, 2.24) is 0 Å². The molecule has 1 radical (unpaired) electrons. The van der Waals surface area contributed by atoms with E-state index in [1.807, 2.05) is 13.1 Å². The number of hydrogen-bond donors (Lipinski definition) is 0. The fourth-order valence-corrected chi connectivity index (χ4v) is 4.61. The van der Waals surface area contributed by atoms with Gasteiger partial charge >= 0.3 is 0 Å². The molecule has 2 nitrogen and oxygen atoms in total. The summed E-state index contributed by atoms with van der Waals surface area (Å²) in [5.74, 6) is 0.0103. The van der Waals surface area contributed by atoms with Gasteiger partial charge in [-0.3, -0.25) is 4.79 Å². The summed E-state index contributed by atoms with van der Waals surface area (Å²) in [6, 6.07) is 8.81. The monoisotopic (exact) mass is 431 g/mol. The normalized spacial score (nSPS) is 11.2. The Bertz CT molecular complexity index is 541. The minimum absolute atomic E-state index is 0.0103. The molecular weight excluding hydrogens is 384 g/mol. The second-order valence-corrected chi connectivity index (χ2v) is 11.1. The Morgan fingerprint density at radius 3 is 1.60 bits per heavy atom. The van der Waals surface area contributed by atoms with Crippen molar-refractivity contribution in [1.29, 1.82) is 0 Å². The van der Waals surface area contributed by atoms with Crippen molar-refractivity contribution in [2.24, 2.45) is 0 Å². The molecule has 0 aliphatic rings. The molecule has 0 fully saturated rings. The Morgan fingerprint density at radius 1 is 0.700 bits per heavy atom. The van der Waals surface area contributed by atoms with E-state index in [-0.39, 0.29) is 5.97 Å². The summed E-state index contributed by atoms with van der Waals surface area (Å²) in [5.41, 5.74) is 2.98. The predicted octanol–water partition coefficient (Wildman–Crippen LogP) is 8.57. The molecule has 0 amide bonds. The van der Waals surface area contributed by atoms with Crippen LogP contribution in [0.15, 0.2) is 24.3 Å². The van der Waals surface area contributed by atoms with Gasteiger partial charge in [0.05, 0.1) is 0 Å². The lowest BCUT2D eigenvalue weighted by Crippen LogP contribution is -2.14. The summed E-state index contributed by atoms with van der Waals surface area (Å²) in [7, 11) is -0.865. The van der Waals surface area contributed by atoms with Crippen LogP contribution in [-0.4, -0.2) is 15.0 Å². The van der Waals surface area contributed by atoms with Gasteiger partial charge in [-0.05, 0) is 50.4 Å². The van der Waals surface area contributed by atoms with Gasteiger partial charge in [-0.25, -0.2) is 0 Å². The molecule has 0 N–H and O–H groups in total. The number of carbonyl (C=O) groups excluding carboxylic acids is 1. The van der Waals surface area contributed by atoms with E-state index in [2.05, 4.69) is 31.2 Å². The lowest BCUT2D eigenvalue weighted by Gasteiger charge is -2.06. The van der Waals surface area contributed by atoms with Crippen molar-refractivity contribution in [3.63, 3.8) is 0 Å². The van der Waals surface area contributed by atoms with Crippen LogP contribution in [0.3, 0.4) is 0 Å². The maximum atomic E-state index is 11.5. The molecule has 1 aromatic carbocycles. The largest absolute Gasteiger partial charge is 0.518 e. The van der Waals surface area contributed by atoms with Gasteiger partial charge in [0.15, 0.2) is 0 Å². The average Bonchev–Trinajstić information content (AvgIpc) is 2.71. The van der Waals surface area contributed by atoms with E-state index in [1.165, 1.54) is 107 Å². The lowest BCUT2D eigenvalue weighted by atomic mass is 10.0. The zero-order chi connectivity index (χ0) is 21.9. The quantitative estimate of drug-likeness (QED) is 0.162. The van der Waals surface area contributed by atoms with E-state index in [0.717, 1.165) is 6.42 Å². The number of aryl methyl sites for hydroxylation is 2. The molecule has 30 heavy (non-hydrogen) atoms. The van der Waals surface area contributed by atoms with Crippen LogP contribution in [0.4, 0.5) is 0 Å². The van der Waals surface area contributed by atoms with Gasteiger partial charge in [-0.2, -0.15) is 0 Å². The first kappa shape index (κ1) is 26.9. The van der Waals surface area contributed by atoms with E-state index in [4.69, 9.17) is 4.43 Å². The van der Waals surface area contributed by atoms with E-state index in [1.54, 1.807) is 0 Å². The van der Waals surface area contributed by atoms with Crippen LogP contribution in [0.1, 0.15) is 114 Å². The molecule has 0 saturated heterocycles. The van der Waals surface area contributed by atoms with Gasteiger partial charge in [0.1, 0.15) is 0 Å². The summed E-state index contributed by atoms with van der Waals surface area (Å²) in [5, 5.41) is 0. The molecule has 171 valence electrons. The number of carbonyl (C=O) groups is 1. The summed E-state index contributed by atoms with van der Waals surface area (Å²) in [6.07, 6.45) is 22.0. The van der Waals surface area contributed by atoms with Crippen LogP contribution in [0, 0.1) is 6.92 Å². The van der Waals surface area contributed by atoms with Crippen molar-refractivity contribution >= 4 is 15.0 Å². The molecular formula is C27H47O2Si. The highest BCUT2D eigenvalue weighted by Gasteiger charge is 2.06. The van der Waals surface area contributed by atoms with Crippen LogP contribution >= 0.6 is 0 Å². The molecule has 0 aliphatic carbocycles. The molecule has 0 spiro atoms. The third-order valence-electron chi connectivity index (χ3n) is 5.91. The van der Waals surface area contributed by atoms with Crippen LogP contribution < -0.4 is 0 Å². The Balaban J connectivity index is 1.75. The molecule has 0 atom stereocenters. The second-order valence-electron chi connectivity index (χ2n) is 9.11. The fraction of sp³-hybridized carbons (Fsp3) is 0.741. The van der Waals surface area contributed by atoms with Gasteiger partial charge in [0.25, 0.3) is 15.0 Å². The van der Waals surface area contributed by atoms with Gasteiger partial charge in [0.2, 0.25) is 0 Å². The minimum atomic E-state index is -0.865. The molecule has 0 aromatic heterocycles. The van der Waals surface area contributed by atoms with Crippen LogP contribution in [0.5, 0.6) is 0 Å². The smallest absolute Gasteiger partial charge is 0.292 e. The number of benzene rings is 1. The summed E-state index contributed by atoms with van der Waals surface area (Å²) < 4.78 is 5.26. The summed E-state index contributed by atoms with van der Waals surface area (Å²) in [6.45, 7) is 6.25. The van der Waals surface area contributed by atoms with Gasteiger partial charge < -0.3 is 4.43 Å². The van der Waals surface area contributed by atoms with Crippen molar-refractivity contribution < 1.29 is 9.22 Å². The summed E-state index contributed by atoms with van der Waals surface area (Å²) in [4.78, 5) is 11.5. The highest BCUT2D eigenvalue weighted by molar-refractivity contribution is 6.50. The van der Waals surface area contributed by atoms with Crippen LogP contribution in [-0.2, 0) is 15.6 Å². The molecule has 0 unspecified atom stereocenters. The zero-order valence-electron chi connectivity index (χ0n) is 20.1. The highest BCUT2D eigenvalue weighted by Crippen LogP contribution is 2.15. The number of rotatable bonds is 19. The van der Waals surface area contributed by atoms with Gasteiger partial charge in [0, 0.05) is 6.42 Å². The van der Waals surface area contributed by atoms with E-state index < -0.39 is 9.04 Å². The third kappa shape index (κ3) is 15.7. The first-order valence-electron chi connectivity index (χ1n) is 12.6. The van der Waals surface area contributed by atoms with Crippen molar-refractivity contribution in [3.05, 3.63) is 35.4 Å². The Kier molecular flexibility index (Phi) is 16.8. The minimum Gasteiger partial charge on any atom is -0.518 e. The van der Waals surface area contributed by atoms with Gasteiger partial charge in [-0.1, -0.05) is 108 Å². The Hall–Kier alpha value is -1.09. The van der Waals surface area contributed by atoms with Crippen molar-refractivity contribution in [2.45, 2.75) is 129 Å². The Labute approximate surface area is 188 Å². The number of unbranched alkanes of at least 4 members (excludes halogenated alkanes) is 14. The van der Waals surface area contributed by atoms with Crippen molar-refractivity contribution in [2.75, 3.05) is 0 Å². The standard InChI is InChI=1S/C27H47O2Si/c1-25-21-19-20-23-26(25)22-17-15-13-11-9-7-5-4-6-8-10-12-14-16-18-24-27(28)29-30(2)3/h19-21,23H,4-18,22,24H2,1-3H3. The molecule has 0 heterocycles. The maximum absolute atomic E-state index is 11.5. The second kappa shape index (κ2) is 18.7. The topological polar surface area (TPSA) is 26.3 Å². The molecule has 0 aliphatic heterocycles. The predicted molar refractivity (Wildman–Crippen MR) is 132 cm³/mol.